The number of imidazole rings is 1. The molecule has 19 heavy (non-hydrogen) atoms. The van der Waals surface area contributed by atoms with E-state index in [9.17, 15) is 4.79 Å². The predicted octanol–water partition coefficient (Wildman–Crippen LogP) is 1.89. The second-order valence-corrected chi connectivity index (χ2v) is 4.98. The van der Waals surface area contributed by atoms with E-state index in [4.69, 9.17) is 4.74 Å². The third-order valence-electron chi connectivity index (χ3n) is 3.75. The molecule has 3 heterocycles. The smallest absolute Gasteiger partial charge is 0.339 e. The molecule has 1 fully saturated rings. The Bertz CT molecular complexity index is 620. The number of fused-ring (bicyclic) bond motifs is 1. The van der Waals surface area contributed by atoms with Crippen molar-refractivity contribution in [3.8, 4) is 0 Å². The fourth-order valence-electron chi connectivity index (χ4n) is 2.69. The maximum absolute atomic E-state index is 11.5. The van der Waals surface area contributed by atoms with E-state index in [1.807, 2.05) is 16.7 Å². The summed E-state index contributed by atoms with van der Waals surface area (Å²) in [5, 5.41) is 0. The number of likely N-dealkylation sites (tertiary alicyclic amines) is 1. The van der Waals surface area contributed by atoms with Crippen LogP contribution < -0.4 is 0 Å². The van der Waals surface area contributed by atoms with Crippen LogP contribution in [-0.2, 0) is 4.74 Å². The van der Waals surface area contributed by atoms with Crippen LogP contribution in [0.25, 0.3) is 5.65 Å². The summed E-state index contributed by atoms with van der Waals surface area (Å²) in [4.78, 5) is 18.5. The van der Waals surface area contributed by atoms with E-state index in [2.05, 4.69) is 16.9 Å². The molecule has 5 nitrogen and oxygen atoms in total. The number of nitrogens with zero attached hydrogens (tertiary/aromatic N) is 3. The number of hydrogen-bond donors (Lipinski definition) is 0. The van der Waals surface area contributed by atoms with E-state index in [1.165, 1.54) is 13.5 Å². The van der Waals surface area contributed by atoms with E-state index in [-0.39, 0.29) is 5.97 Å². The van der Waals surface area contributed by atoms with Crippen molar-refractivity contribution in [2.24, 2.45) is 0 Å². The van der Waals surface area contributed by atoms with Gasteiger partial charge in [0.1, 0.15) is 5.65 Å². The average molecular weight is 259 g/mol. The molecular formula is C14H17N3O2. The Morgan fingerprint density at radius 3 is 2.95 bits per heavy atom. The molecule has 2 aromatic rings. The van der Waals surface area contributed by atoms with Crippen molar-refractivity contribution in [1.82, 2.24) is 14.3 Å². The van der Waals surface area contributed by atoms with Crippen molar-refractivity contribution in [2.75, 3.05) is 20.7 Å². The monoisotopic (exact) mass is 259 g/mol. The van der Waals surface area contributed by atoms with Gasteiger partial charge in [0.25, 0.3) is 0 Å². The first-order valence-electron chi connectivity index (χ1n) is 6.46. The van der Waals surface area contributed by atoms with Crippen molar-refractivity contribution in [1.29, 1.82) is 0 Å². The number of rotatable bonds is 2. The van der Waals surface area contributed by atoms with Crippen LogP contribution in [0.15, 0.2) is 24.5 Å². The van der Waals surface area contributed by atoms with Gasteiger partial charge in [0.05, 0.1) is 24.4 Å². The number of carbonyl (C=O) groups excluding carboxylic acids is 1. The lowest BCUT2D eigenvalue weighted by Gasteiger charge is -2.16. The Morgan fingerprint density at radius 1 is 1.42 bits per heavy atom. The fourth-order valence-corrected chi connectivity index (χ4v) is 2.69. The minimum absolute atomic E-state index is 0.324. The summed E-state index contributed by atoms with van der Waals surface area (Å²) in [6.45, 7) is 1.12. The third kappa shape index (κ3) is 2.10. The second kappa shape index (κ2) is 4.66. The van der Waals surface area contributed by atoms with Gasteiger partial charge in [0, 0.05) is 12.4 Å². The molecule has 0 spiro atoms. The molecule has 0 aromatic carbocycles. The minimum Gasteiger partial charge on any atom is -0.465 e. The number of aromatic nitrogens is 2. The number of pyridine rings is 1. The summed E-state index contributed by atoms with van der Waals surface area (Å²) < 4.78 is 6.62. The highest BCUT2D eigenvalue weighted by Gasteiger charge is 2.24. The maximum Gasteiger partial charge on any atom is 0.339 e. The predicted molar refractivity (Wildman–Crippen MR) is 71.1 cm³/mol. The molecule has 3 rings (SSSR count). The molecule has 5 heteroatoms. The minimum atomic E-state index is -0.324. The van der Waals surface area contributed by atoms with Crippen LogP contribution >= 0.6 is 0 Å². The highest BCUT2D eigenvalue weighted by molar-refractivity contribution is 5.89. The molecule has 1 aliphatic rings. The molecule has 0 saturated carbocycles. The first-order valence-corrected chi connectivity index (χ1v) is 6.46. The van der Waals surface area contributed by atoms with Crippen molar-refractivity contribution >= 4 is 11.6 Å². The molecule has 2 aromatic heterocycles. The highest BCUT2D eigenvalue weighted by Crippen LogP contribution is 2.29. The first kappa shape index (κ1) is 12.2. The molecule has 1 aliphatic heterocycles. The van der Waals surface area contributed by atoms with Gasteiger partial charge in [-0.1, -0.05) is 0 Å². The standard InChI is InChI=1S/C14H17N3O2/c1-16-7-3-4-12(16)11-9-17-8-10(14(18)19-2)5-6-13(17)15-11/h5-6,8-9,12H,3-4,7H2,1-2H3. The second-order valence-electron chi connectivity index (χ2n) is 4.98. The van der Waals surface area contributed by atoms with Gasteiger partial charge >= 0.3 is 5.97 Å². The molecule has 0 bridgehead atoms. The maximum atomic E-state index is 11.5. The molecular weight excluding hydrogens is 242 g/mol. The van der Waals surface area contributed by atoms with Gasteiger partial charge < -0.3 is 9.14 Å². The van der Waals surface area contributed by atoms with Crippen molar-refractivity contribution in [3.63, 3.8) is 0 Å². The van der Waals surface area contributed by atoms with Crippen LogP contribution in [0.2, 0.25) is 0 Å². The highest BCUT2D eigenvalue weighted by atomic mass is 16.5. The van der Waals surface area contributed by atoms with Gasteiger partial charge in [0.2, 0.25) is 0 Å². The van der Waals surface area contributed by atoms with Crippen LogP contribution in [0.5, 0.6) is 0 Å². The van der Waals surface area contributed by atoms with Crippen molar-refractivity contribution in [2.45, 2.75) is 18.9 Å². The molecule has 1 atom stereocenters. The number of carbonyl (C=O) groups is 1. The summed E-state index contributed by atoms with van der Waals surface area (Å²) in [5.74, 6) is -0.324. The lowest BCUT2D eigenvalue weighted by molar-refractivity contribution is 0.0600. The fraction of sp³-hybridized carbons (Fsp3) is 0.429. The average Bonchev–Trinajstić information content (AvgIpc) is 3.02. The Labute approximate surface area is 111 Å². The summed E-state index contributed by atoms with van der Waals surface area (Å²) >= 11 is 0. The van der Waals surface area contributed by atoms with Crippen LogP contribution in [-0.4, -0.2) is 41.0 Å². The lowest BCUT2D eigenvalue weighted by atomic mass is 10.2. The summed E-state index contributed by atoms with van der Waals surface area (Å²) in [6, 6.07) is 3.99. The molecule has 1 unspecified atom stereocenters. The largest absolute Gasteiger partial charge is 0.465 e. The lowest BCUT2D eigenvalue weighted by Crippen LogP contribution is -2.17. The first-order chi connectivity index (χ1) is 9.19. The summed E-state index contributed by atoms with van der Waals surface area (Å²) in [7, 11) is 3.51. The Kier molecular flexibility index (Phi) is 2.98. The van der Waals surface area contributed by atoms with E-state index < -0.39 is 0 Å². The van der Waals surface area contributed by atoms with Crippen LogP contribution in [0, 0.1) is 0 Å². The Balaban J connectivity index is 1.98. The SMILES string of the molecule is COC(=O)c1ccc2nc(C3CCCN3C)cn2c1. The van der Waals surface area contributed by atoms with Gasteiger partial charge in [-0.3, -0.25) is 4.90 Å². The van der Waals surface area contributed by atoms with Gasteiger partial charge in [-0.15, -0.1) is 0 Å². The van der Waals surface area contributed by atoms with Crippen molar-refractivity contribution in [3.05, 3.63) is 35.8 Å². The van der Waals surface area contributed by atoms with Gasteiger partial charge in [-0.25, -0.2) is 9.78 Å². The number of esters is 1. The molecule has 0 aliphatic carbocycles. The Hall–Kier alpha value is -1.88. The summed E-state index contributed by atoms with van der Waals surface area (Å²) in [5.41, 5.74) is 2.48. The number of ether oxygens (including phenoxy) is 1. The van der Waals surface area contributed by atoms with Gasteiger partial charge in [-0.2, -0.15) is 0 Å². The third-order valence-corrected chi connectivity index (χ3v) is 3.75. The molecule has 0 radical (unpaired) electrons. The van der Waals surface area contributed by atoms with Gasteiger partial charge in [0.15, 0.2) is 0 Å². The van der Waals surface area contributed by atoms with E-state index in [1.54, 1.807) is 12.3 Å². The van der Waals surface area contributed by atoms with Crippen molar-refractivity contribution < 1.29 is 9.53 Å². The quantitative estimate of drug-likeness (QED) is 0.773. The van der Waals surface area contributed by atoms with Crippen LogP contribution in [0.1, 0.15) is 34.9 Å². The van der Waals surface area contributed by atoms with E-state index in [0.717, 1.165) is 24.3 Å². The Morgan fingerprint density at radius 2 is 2.26 bits per heavy atom. The van der Waals surface area contributed by atoms with E-state index in [0.29, 0.717) is 11.6 Å². The van der Waals surface area contributed by atoms with Gasteiger partial charge in [-0.05, 0) is 38.6 Å². The number of hydrogen-bond acceptors (Lipinski definition) is 4. The zero-order valence-corrected chi connectivity index (χ0v) is 11.2. The molecule has 0 amide bonds. The molecule has 100 valence electrons. The van der Waals surface area contributed by atoms with Crippen LogP contribution in [0.4, 0.5) is 0 Å². The molecule has 0 N–H and O–H groups in total. The zero-order valence-electron chi connectivity index (χ0n) is 11.2. The number of methoxy groups -OCH3 is 1. The topological polar surface area (TPSA) is 46.8 Å². The molecule has 1 saturated heterocycles. The normalized spacial score (nSPS) is 20.0. The zero-order chi connectivity index (χ0) is 13.4. The van der Waals surface area contributed by atoms with E-state index >= 15 is 0 Å². The van der Waals surface area contributed by atoms with Crippen LogP contribution in [0.3, 0.4) is 0 Å². The summed E-state index contributed by atoms with van der Waals surface area (Å²) in [6.07, 6.45) is 6.13.